The minimum Gasteiger partial charge on any atom is -0.350 e. The Hall–Kier alpha value is -1.35. The number of benzene rings is 1. The monoisotopic (exact) mass is 232 g/mol. The number of hydrogen-bond donors (Lipinski definition) is 2. The molecule has 1 heterocycles. The molecule has 17 heavy (non-hydrogen) atoms. The zero-order valence-corrected chi connectivity index (χ0v) is 10.5. The molecule has 0 spiro atoms. The lowest BCUT2D eigenvalue weighted by atomic mass is 9.98. The Morgan fingerprint density at radius 3 is 2.59 bits per heavy atom. The SMILES string of the molecule is Cc1ccc([C@@H](C)NC(=O)CC2CNC2)cc1. The number of amides is 1. The second-order valence-corrected chi connectivity index (χ2v) is 4.93. The van der Waals surface area contributed by atoms with E-state index in [1.54, 1.807) is 0 Å². The Morgan fingerprint density at radius 1 is 1.41 bits per heavy atom. The summed E-state index contributed by atoms with van der Waals surface area (Å²) in [5.74, 6) is 0.685. The van der Waals surface area contributed by atoms with Gasteiger partial charge >= 0.3 is 0 Å². The zero-order valence-electron chi connectivity index (χ0n) is 10.5. The lowest BCUT2D eigenvalue weighted by Gasteiger charge is -2.27. The van der Waals surface area contributed by atoms with E-state index in [4.69, 9.17) is 0 Å². The number of carbonyl (C=O) groups is 1. The summed E-state index contributed by atoms with van der Waals surface area (Å²) in [5.41, 5.74) is 2.41. The fourth-order valence-corrected chi connectivity index (χ4v) is 1.99. The van der Waals surface area contributed by atoms with E-state index in [2.05, 4.69) is 41.8 Å². The highest BCUT2D eigenvalue weighted by molar-refractivity contribution is 5.76. The first-order valence-electron chi connectivity index (χ1n) is 6.22. The first-order chi connectivity index (χ1) is 8.15. The topological polar surface area (TPSA) is 41.1 Å². The third kappa shape index (κ3) is 3.30. The van der Waals surface area contributed by atoms with Crippen molar-refractivity contribution in [3.63, 3.8) is 0 Å². The van der Waals surface area contributed by atoms with E-state index in [9.17, 15) is 4.79 Å². The van der Waals surface area contributed by atoms with Gasteiger partial charge in [-0.3, -0.25) is 4.79 Å². The van der Waals surface area contributed by atoms with Gasteiger partial charge in [0.2, 0.25) is 5.91 Å². The molecule has 0 radical (unpaired) electrons. The van der Waals surface area contributed by atoms with Crippen molar-refractivity contribution in [2.45, 2.75) is 26.3 Å². The van der Waals surface area contributed by atoms with Crippen molar-refractivity contribution in [1.82, 2.24) is 10.6 Å². The summed E-state index contributed by atoms with van der Waals surface area (Å²) in [5, 5.41) is 6.23. The van der Waals surface area contributed by atoms with Crippen LogP contribution in [0.15, 0.2) is 24.3 Å². The Labute approximate surface area is 103 Å². The molecule has 1 aliphatic heterocycles. The molecule has 1 aromatic carbocycles. The highest BCUT2D eigenvalue weighted by Gasteiger charge is 2.20. The molecule has 0 bridgehead atoms. The molecule has 1 aromatic rings. The molecule has 0 aliphatic carbocycles. The molecule has 1 atom stereocenters. The number of nitrogens with one attached hydrogen (secondary N) is 2. The summed E-state index contributed by atoms with van der Waals surface area (Å²) >= 11 is 0. The molecular formula is C14H20N2O. The lowest BCUT2D eigenvalue weighted by Crippen LogP contribution is -2.44. The van der Waals surface area contributed by atoms with Crippen LogP contribution < -0.4 is 10.6 Å². The summed E-state index contributed by atoms with van der Waals surface area (Å²) in [6, 6.07) is 8.40. The fraction of sp³-hybridized carbons (Fsp3) is 0.500. The maximum absolute atomic E-state index is 11.8. The van der Waals surface area contributed by atoms with E-state index in [0.717, 1.165) is 18.7 Å². The van der Waals surface area contributed by atoms with Crippen molar-refractivity contribution < 1.29 is 4.79 Å². The van der Waals surface area contributed by atoms with Crippen LogP contribution in [0.4, 0.5) is 0 Å². The number of aryl methyl sites for hydroxylation is 1. The summed E-state index contributed by atoms with van der Waals surface area (Å²) in [6.45, 7) is 6.05. The van der Waals surface area contributed by atoms with Crippen LogP contribution in [-0.2, 0) is 4.79 Å². The summed E-state index contributed by atoms with van der Waals surface area (Å²) in [4.78, 5) is 11.8. The van der Waals surface area contributed by atoms with E-state index in [0.29, 0.717) is 12.3 Å². The van der Waals surface area contributed by atoms with Crippen LogP contribution in [0.1, 0.15) is 30.5 Å². The van der Waals surface area contributed by atoms with Crippen molar-refractivity contribution in [2.75, 3.05) is 13.1 Å². The van der Waals surface area contributed by atoms with Crippen molar-refractivity contribution in [2.24, 2.45) is 5.92 Å². The Balaban J connectivity index is 1.84. The van der Waals surface area contributed by atoms with Crippen LogP contribution >= 0.6 is 0 Å². The van der Waals surface area contributed by atoms with Crippen molar-refractivity contribution in [1.29, 1.82) is 0 Å². The van der Waals surface area contributed by atoms with E-state index in [1.807, 2.05) is 6.92 Å². The van der Waals surface area contributed by atoms with Crippen LogP contribution in [0, 0.1) is 12.8 Å². The first-order valence-corrected chi connectivity index (χ1v) is 6.22. The van der Waals surface area contributed by atoms with Gasteiger partial charge in [-0.15, -0.1) is 0 Å². The van der Waals surface area contributed by atoms with E-state index in [1.165, 1.54) is 5.56 Å². The molecule has 1 fully saturated rings. The number of rotatable bonds is 4. The van der Waals surface area contributed by atoms with Gasteiger partial charge in [0, 0.05) is 6.42 Å². The summed E-state index contributed by atoms with van der Waals surface area (Å²) in [7, 11) is 0. The normalized spacial score (nSPS) is 17.3. The van der Waals surface area contributed by atoms with E-state index in [-0.39, 0.29) is 11.9 Å². The number of hydrogen-bond acceptors (Lipinski definition) is 2. The summed E-state index contributed by atoms with van der Waals surface area (Å²) < 4.78 is 0. The van der Waals surface area contributed by atoms with Gasteiger partial charge in [0.1, 0.15) is 0 Å². The van der Waals surface area contributed by atoms with Gasteiger partial charge in [0.15, 0.2) is 0 Å². The van der Waals surface area contributed by atoms with Gasteiger partial charge in [-0.05, 0) is 38.4 Å². The standard InChI is InChI=1S/C14H20N2O/c1-10-3-5-13(6-4-10)11(2)16-14(17)7-12-8-15-9-12/h3-6,11-12,15H,7-9H2,1-2H3,(H,16,17)/t11-/m1/s1. The van der Waals surface area contributed by atoms with E-state index >= 15 is 0 Å². The molecule has 0 unspecified atom stereocenters. The Bertz CT molecular complexity index is 382. The largest absolute Gasteiger partial charge is 0.350 e. The molecular weight excluding hydrogens is 212 g/mol. The van der Waals surface area contributed by atoms with E-state index < -0.39 is 0 Å². The highest BCUT2D eigenvalue weighted by atomic mass is 16.1. The maximum atomic E-state index is 11.8. The van der Waals surface area contributed by atoms with Crippen LogP contribution in [0.5, 0.6) is 0 Å². The average Bonchev–Trinajstić information content (AvgIpc) is 2.24. The van der Waals surface area contributed by atoms with Crippen LogP contribution in [-0.4, -0.2) is 19.0 Å². The maximum Gasteiger partial charge on any atom is 0.220 e. The lowest BCUT2D eigenvalue weighted by molar-refractivity contribution is -0.123. The molecule has 2 N–H and O–H groups in total. The minimum absolute atomic E-state index is 0.0936. The quantitative estimate of drug-likeness (QED) is 0.831. The molecule has 0 aromatic heterocycles. The molecule has 1 saturated heterocycles. The van der Waals surface area contributed by atoms with Gasteiger partial charge in [-0.1, -0.05) is 29.8 Å². The first kappa shape index (κ1) is 12.1. The highest BCUT2D eigenvalue weighted by Crippen LogP contribution is 2.14. The molecule has 0 saturated carbocycles. The molecule has 2 rings (SSSR count). The van der Waals surface area contributed by atoms with Gasteiger partial charge in [-0.2, -0.15) is 0 Å². The third-order valence-electron chi connectivity index (χ3n) is 3.29. The van der Waals surface area contributed by atoms with Crippen LogP contribution in [0.2, 0.25) is 0 Å². The van der Waals surface area contributed by atoms with Gasteiger partial charge in [0.25, 0.3) is 0 Å². The molecule has 3 nitrogen and oxygen atoms in total. The zero-order chi connectivity index (χ0) is 12.3. The fourth-order valence-electron chi connectivity index (χ4n) is 1.99. The van der Waals surface area contributed by atoms with Crippen molar-refractivity contribution in [3.8, 4) is 0 Å². The number of carbonyl (C=O) groups excluding carboxylic acids is 1. The predicted octanol–water partition coefficient (Wildman–Crippen LogP) is 1.78. The van der Waals surface area contributed by atoms with Gasteiger partial charge in [-0.25, -0.2) is 0 Å². The van der Waals surface area contributed by atoms with Crippen molar-refractivity contribution >= 4 is 5.91 Å². The predicted molar refractivity (Wildman–Crippen MR) is 68.7 cm³/mol. The van der Waals surface area contributed by atoms with Crippen LogP contribution in [0.25, 0.3) is 0 Å². The average molecular weight is 232 g/mol. The molecule has 92 valence electrons. The van der Waals surface area contributed by atoms with Gasteiger partial charge in [0.05, 0.1) is 6.04 Å². The molecule has 1 aliphatic rings. The van der Waals surface area contributed by atoms with Crippen LogP contribution in [0.3, 0.4) is 0 Å². The molecule has 1 amide bonds. The summed E-state index contributed by atoms with van der Waals surface area (Å²) in [6.07, 6.45) is 0.642. The smallest absolute Gasteiger partial charge is 0.220 e. The van der Waals surface area contributed by atoms with Crippen molar-refractivity contribution in [3.05, 3.63) is 35.4 Å². The minimum atomic E-state index is 0.0936. The van der Waals surface area contributed by atoms with Gasteiger partial charge < -0.3 is 10.6 Å². The molecule has 3 heteroatoms. The third-order valence-corrected chi connectivity index (χ3v) is 3.29. The Kier molecular flexibility index (Phi) is 3.79. The second-order valence-electron chi connectivity index (χ2n) is 4.93. The second kappa shape index (κ2) is 5.32. The Morgan fingerprint density at radius 2 is 2.06 bits per heavy atom.